The Bertz CT molecular complexity index is 258. The molecular weight excluding hydrogens is 354 g/mol. The first-order valence-corrected chi connectivity index (χ1v) is 13.6. The molecule has 0 fully saturated rings. The molecular formula is C27H57NO. The van der Waals surface area contributed by atoms with E-state index in [1.165, 1.54) is 142 Å². The summed E-state index contributed by atoms with van der Waals surface area (Å²) in [4.78, 5) is 2.55. The van der Waals surface area contributed by atoms with Crippen LogP contribution in [0.25, 0.3) is 0 Å². The Labute approximate surface area is 185 Å². The average molecular weight is 412 g/mol. The summed E-state index contributed by atoms with van der Waals surface area (Å²) in [6.45, 7) is 10.8. The van der Waals surface area contributed by atoms with Gasteiger partial charge in [0.1, 0.15) is 0 Å². The fraction of sp³-hybridized carbons (Fsp3) is 1.00. The molecule has 2 heteroatoms. The molecule has 0 aliphatic heterocycles. The number of hydrogen-bond acceptors (Lipinski definition) is 2. The van der Waals surface area contributed by atoms with Crippen LogP contribution in [-0.4, -0.2) is 31.3 Å². The van der Waals surface area contributed by atoms with Crippen LogP contribution in [0.5, 0.6) is 0 Å². The van der Waals surface area contributed by atoms with Crippen molar-refractivity contribution in [1.29, 1.82) is 0 Å². The van der Waals surface area contributed by atoms with E-state index in [-0.39, 0.29) is 0 Å². The fourth-order valence-corrected chi connectivity index (χ4v) is 4.11. The van der Waals surface area contributed by atoms with Gasteiger partial charge in [-0.1, -0.05) is 129 Å². The van der Waals surface area contributed by atoms with Crippen LogP contribution in [-0.2, 0) is 4.74 Å². The first-order valence-electron chi connectivity index (χ1n) is 13.6. The molecule has 0 N–H and O–H groups in total. The van der Waals surface area contributed by atoms with Crippen LogP contribution in [0.3, 0.4) is 0 Å². The van der Waals surface area contributed by atoms with Crippen molar-refractivity contribution >= 4 is 0 Å². The summed E-state index contributed by atoms with van der Waals surface area (Å²) in [6, 6.07) is 0. The summed E-state index contributed by atoms with van der Waals surface area (Å²) >= 11 is 0. The van der Waals surface area contributed by atoms with Crippen LogP contribution in [0.1, 0.15) is 149 Å². The highest BCUT2D eigenvalue weighted by molar-refractivity contribution is 4.57. The van der Waals surface area contributed by atoms with Gasteiger partial charge in [0.25, 0.3) is 0 Å². The van der Waals surface area contributed by atoms with E-state index in [0.29, 0.717) is 0 Å². The molecule has 29 heavy (non-hydrogen) atoms. The van der Waals surface area contributed by atoms with Crippen LogP contribution >= 0.6 is 0 Å². The van der Waals surface area contributed by atoms with Crippen molar-refractivity contribution in [2.75, 3.05) is 26.4 Å². The monoisotopic (exact) mass is 411 g/mol. The third-order valence-electron chi connectivity index (χ3n) is 6.13. The van der Waals surface area contributed by atoms with Gasteiger partial charge in [0.2, 0.25) is 0 Å². The van der Waals surface area contributed by atoms with Crippen molar-refractivity contribution in [3.63, 3.8) is 0 Å². The Hall–Kier alpha value is -0.0800. The van der Waals surface area contributed by atoms with Crippen molar-refractivity contribution in [2.45, 2.75) is 149 Å². The quantitative estimate of drug-likeness (QED) is 0.110. The summed E-state index contributed by atoms with van der Waals surface area (Å²) in [7, 11) is 0. The summed E-state index contributed by atoms with van der Waals surface area (Å²) in [5.74, 6) is 0. The first-order chi connectivity index (χ1) is 14.3. The minimum Gasteiger partial charge on any atom is -0.366 e. The van der Waals surface area contributed by atoms with Gasteiger partial charge in [0, 0.05) is 19.7 Å². The second-order valence-corrected chi connectivity index (χ2v) is 9.10. The zero-order valence-corrected chi connectivity index (χ0v) is 20.8. The van der Waals surface area contributed by atoms with E-state index < -0.39 is 0 Å². The van der Waals surface area contributed by atoms with Gasteiger partial charge in [0.05, 0.1) is 6.73 Å². The van der Waals surface area contributed by atoms with E-state index in [1.807, 2.05) is 0 Å². The second-order valence-electron chi connectivity index (χ2n) is 9.10. The molecule has 0 rings (SSSR count). The molecule has 0 aromatic carbocycles. The lowest BCUT2D eigenvalue weighted by Gasteiger charge is -2.22. The van der Waals surface area contributed by atoms with E-state index in [4.69, 9.17) is 4.74 Å². The maximum atomic E-state index is 5.71. The number of unbranched alkanes of at least 4 members (excludes halogenated alkanes) is 18. The van der Waals surface area contributed by atoms with Gasteiger partial charge >= 0.3 is 0 Å². The summed E-state index contributed by atoms with van der Waals surface area (Å²) in [5.41, 5.74) is 0. The Morgan fingerprint density at radius 3 is 1.03 bits per heavy atom. The van der Waals surface area contributed by atoms with Gasteiger partial charge < -0.3 is 4.74 Å². The predicted octanol–water partition coefficient (Wildman–Crippen LogP) is 9.12. The van der Waals surface area contributed by atoms with Crippen molar-refractivity contribution < 1.29 is 4.74 Å². The second kappa shape index (κ2) is 26.0. The van der Waals surface area contributed by atoms with Crippen LogP contribution in [0, 0.1) is 0 Å². The molecule has 0 aromatic heterocycles. The van der Waals surface area contributed by atoms with E-state index in [9.17, 15) is 0 Å². The molecule has 0 bridgehead atoms. The third kappa shape index (κ3) is 24.1. The summed E-state index contributed by atoms with van der Waals surface area (Å²) < 4.78 is 5.71. The smallest absolute Gasteiger partial charge is 0.0990 e. The lowest BCUT2D eigenvalue weighted by atomic mass is 10.1. The minimum atomic E-state index is 0.839. The zero-order chi connectivity index (χ0) is 21.3. The van der Waals surface area contributed by atoms with Gasteiger partial charge in [-0.3, -0.25) is 4.90 Å². The normalized spacial score (nSPS) is 11.6. The highest BCUT2D eigenvalue weighted by Crippen LogP contribution is 2.12. The fourth-order valence-electron chi connectivity index (χ4n) is 4.11. The van der Waals surface area contributed by atoms with Crippen molar-refractivity contribution in [2.24, 2.45) is 0 Å². The Kier molecular flexibility index (Phi) is 25.9. The van der Waals surface area contributed by atoms with Crippen LogP contribution in [0.2, 0.25) is 0 Å². The van der Waals surface area contributed by atoms with E-state index in [2.05, 4.69) is 25.7 Å². The van der Waals surface area contributed by atoms with Crippen LogP contribution < -0.4 is 0 Å². The Balaban J connectivity index is 3.52. The van der Waals surface area contributed by atoms with E-state index >= 15 is 0 Å². The molecule has 0 unspecified atom stereocenters. The summed E-state index contributed by atoms with van der Waals surface area (Å²) in [6.07, 6.45) is 28.4. The largest absolute Gasteiger partial charge is 0.366 e. The molecule has 0 saturated heterocycles. The Morgan fingerprint density at radius 1 is 0.414 bits per heavy atom. The average Bonchev–Trinajstić information content (AvgIpc) is 2.74. The maximum absolute atomic E-state index is 5.71. The van der Waals surface area contributed by atoms with Crippen LogP contribution in [0.15, 0.2) is 0 Å². The molecule has 0 aliphatic rings. The molecule has 176 valence electrons. The Morgan fingerprint density at radius 2 is 0.724 bits per heavy atom. The lowest BCUT2D eigenvalue weighted by Crippen LogP contribution is -2.28. The first kappa shape index (κ1) is 28.9. The zero-order valence-electron chi connectivity index (χ0n) is 20.8. The topological polar surface area (TPSA) is 12.5 Å². The van der Waals surface area contributed by atoms with Crippen LogP contribution in [0.4, 0.5) is 0 Å². The predicted molar refractivity (Wildman–Crippen MR) is 132 cm³/mol. The standard InChI is InChI=1S/C27H57NO/c1-4-7-9-11-13-15-17-19-21-23-25-28(27-29-6-3)26-24-22-20-18-16-14-12-10-8-5-2/h4-27H2,1-3H3. The molecule has 0 aromatic rings. The third-order valence-corrected chi connectivity index (χ3v) is 6.13. The molecule has 0 heterocycles. The van der Waals surface area contributed by atoms with E-state index in [0.717, 1.165) is 13.3 Å². The molecule has 2 nitrogen and oxygen atoms in total. The molecule has 0 aliphatic carbocycles. The van der Waals surface area contributed by atoms with Gasteiger partial charge in [-0.2, -0.15) is 0 Å². The van der Waals surface area contributed by atoms with Crippen molar-refractivity contribution in [1.82, 2.24) is 4.90 Å². The molecule has 0 saturated carbocycles. The number of hydrogen-bond donors (Lipinski definition) is 0. The van der Waals surface area contributed by atoms with Crippen molar-refractivity contribution in [3.8, 4) is 0 Å². The van der Waals surface area contributed by atoms with Crippen molar-refractivity contribution in [3.05, 3.63) is 0 Å². The molecule has 0 atom stereocenters. The lowest BCUT2D eigenvalue weighted by molar-refractivity contribution is 0.0334. The molecule has 0 radical (unpaired) electrons. The molecule has 0 spiro atoms. The number of ether oxygens (including phenoxy) is 1. The highest BCUT2D eigenvalue weighted by atomic mass is 16.5. The highest BCUT2D eigenvalue weighted by Gasteiger charge is 2.04. The SMILES string of the molecule is CCCCCCCCCCCCN(CCCCCCCCCCCC)COCC. The molecule has 0 amide bonds. The van der Waals surface area contributed by atoms with E-state index in [1.54, 1.807) is 0 Å². The van der Waals surface area contributed by atoms with Gasteiger partial charge in [0.15, 0.2) is 0 Å². The number of nitrogens with zero attached hydrogens (tertiary/aromatic N) is 1. The summed E-state index contributed by atoms with van der Waals surface area (Å²) in [5, 5.41) is 0. The van der Waals surface area contributed by atoms with Gasteiger partial charge in [-0.25, -0.2) is 0 Å². The van der Waals surface area contributed by atoms with Gasteiger partial charge in [-0.05, 0) is 19.8 Å². The maximum Gasteiger partial charge on any atom is 0.0990 e. The minimum absolute atomic E-state index is 0.839. The number of rotatable bonds is 25. The van der Waals surface area contributed by atoms with Gasteiger partial charge in [-0.15, -0.1) is 0 Å².